The number of benzene rings is 2. The molecule has 2 atom stereocenters. The molecule has 2 aromatic rings. The zero-order chi connectivity index (χ0) is 23.4. The summed E-state index contributed by atoms with van der Waals surface area (Å²) in [5.41, 5.74) is 3.48. The molecule has 1 fully saturated rings. The first-order valence-corrected chi connectivity index (χ1v) is 12.4. The summed E-state index contributed by atoms with van der Waals surface area (Å²) in [6.45, 7) is 5.32. The summed E-state index contributed by atoms with van der Waals surface area (Å²) >= 11 is 0. The monoisotopic (exact) mass is 448 g/mol. The highest BCUT2D eigenvalue weighted by atomic mass is 16.5. The molecule has 5 heteroatoms. The Hall–Kier alpha value is -2.82. The van der Waals surface area contributed by atoms with E-state index in [9.17, 15) is 9.59 Å². The standard InChI is InChI=1S/C28H36N2O3/c1-4-25(28(32)29(3)5-2)33-23-16-15-20-17-18-30(27(31)22-13-9-10-14-22)26(24(20)19-23)21-11-7-6-8-12-21/h6-8,11-12,15-16,19,22,25-26H,4-5,9-10,13-14,17-18H2,1-3H3. The molecule has 176 valence electrons. The van der Waals surface area contributed by atoms with E-state index in [1.54, 1.807) is 11.9 Å². The zero-order valence-electron chi connectivity index (χ0n) is 20.1. The fraction of sp³-hybridized carbons (Fsp3) is 0.500. The number of nitrogens with zero attached hydrogens (tertiary/aromatic N) is 2. The molecule has 0 spiro atoms. The average molecular weight is 449 g/mol. The van der Waals surface area contributed by atoms with Gasteiger partial charge in [-0.05, 0) is 61.4 Å². The van der Waals surface area contributed by atoms with E-state index < -0.39 is 6.10 Å². The lowest BCUT2D eigenvalue weighted by Gasteiger charge is -2.39. The van der Waals surface area contributed by atoms with Gasteiger partial charge in [0.15, 0.2) is 6.10 Å². The van der Waals surface area contributed by atoms with E-state index >= 15 is 0 Å². The van der Waals surface area contributed by atoms with E-state index in [4.69, 9.17) is 4.74 Å². The number of hydrogen-bond donors (Lipinski definition) is 0. The van der Waals surface area contributed by atoms with Crippen LogP contribution in [-0.4, -0.2) is 47.9 Å². The summed E-state index contributed by atoms with van der Waals surface area (Å²) in [4.78, 5) is 30.0. The quantitative estimate of drug-likeness (QED) is 0.600. The lowest BCUT2D eigenvalue weighted by Crippen LogP contribution is -2.43. The third-order valence-electron chi connectivity index (χ3n) is 7.22. The number of amides is 2. The van der Waals surface area contributed by atoms with Gasteiger partial charge in [0.25, 0.3) is 5.91 Å². The first-order chi connectivity index (χ1) is 16.0. The molecule has 0 aromatic heterocycles. The van der Waals surface area contributed by atoms with E-state index in [0.29, 0.717) is 18.7 Å². The average Bonchev–Trinajstić information content (AvgIpc) is 3.40. The van der Waals surface area contributed by atoms with E-state index in [1.165, 1.54) is 5.56 Å². The molecule has 0 saturated heterocycles. The summed E-state index contributed by atoms with van der Waals surface area (Å²) < 4.78 is 6.20. The van der Waals surface area contributed by atoms with Gasteiger partial charge >= 0.3 is 0 Å². The van der Waals surface area contributed by atoms with Crippen molar-refractivity contribution in [3.05, 3.63) is 65.2 Å². The van der Waals surface area contributed by atoms with Crippen molar-refractivity contribution in [2.75, 3.05) is 20.1 Å². The van der Waals surface area contributed by atoms with Crippen molar-refractivity contribution in [1.29, 1.82) is 0 Å². The van der Waals surface area contributed by atoms with E-state index in [0.717, 1.165) is 49.8 Å². The first-order valence-electron chi connectivity index (χ1n) is 12.4. The van der Waals surface area contributed by atoms with Crippen LogP contribution in [0.1, 0.15) is 68.7 Å². The van der Waals surface area contributed by atoms with Gasteiger partial charge in [-0.2, -0.15) is 0 Å². The van der Waals surface area contributed by atoms with Crippen LogP contribution in [0.5, 0.6) is 5.75 Å². The minimum atomic E-state index is -0.511. The van der Waals surface area contributed by atoms with Gasteiger partial charge in [0.1, 0.15) is 5.75 Å². The Labute approximate surface area is 197 Å². The first kappa shape index (κ1) is 23.3. The summed E-state index contributed by atoms with van der Waals surface area (Å²) in [6.07, 6.45) is 5.22. The van der Waals surface area contributed by atoms with Crippen LogP contribution < -0.4 is 4.74 Å². The molecule has 0 N–H and O–H groups in total. The zero-order valence-corrected chi connectivity index (χ0v) is 20.1. The Bertz CT molecular complexity index is 968. The third-order valence-corrected chi connectivity index (χ3v) is 7.22. The van der Waals surface area contributed by atoms with Crippen molar-refractivity contribution < 1.29 is 14.3 Å². The highest BCUT2D eigenvalue weighted by Gasteiger charge is 2.36. The number of carbonyl (C=O) groups is 2. The minimum Gasteiger partial charge on any atom is -0.481 e. The maximum atomic E-state index is 13.5. The number of rotatable bonds is 7. The number of hydrogen-bond acceptors (Lipinski definition) is 3. The van der Waals surface area contributed by atoms with Gasteiger partial charge in [-0.1, -0.05) is 56.2 Å². The molecular formula is C28H36N2O3. The van der Waals surface area contributed by atoms with Gasteiger partial charge in [0.2, 0.25) is 5.91 Å². The maximum Gasteiger partial charge on any atom is 0.263 e. The molecule has 1 saturated carbocycles. The van der Waals surface area contributed by atoms with Crippen LogP contribution >= 0.6 is 0 Å². The lowest BCUT2D eigenvalue weighted by molar-refractivity contribution is -0.137. The highest BCUT2D eigenvalue weighted by Crippen LogP contribution is 2.39. The van der Waals surface area contributed by atoms with Gasteiger partial charge in [-0.15, -0.1) is 0 Å². The number of ether oxygens (including phenoxy) is 1. The second kappa shape index (κ2) is 10.4. The SMILES string of the molecule is CCC(Oc1ccc2c(c1)C(c1ccccc1)N(C(=O)C1CCCC1)CC2)C(=O)N(C)CC. The Kier molecular flexibility index (Phi) is 7.36. The Morgan fingerprint density at radius 2 is 1.82 bits per heavy atom. The topological polar surface area (TPSA) is 49.9 Å². The van der Waals surface area contributed by atoms with Crippen LogP contribution in [0.4, 0.5) is 0 Å². The third kappa shape index (κ3) is 4.92. The van der Waals surface area contributed by atoms with E-state index in [2.05, 4.69) is 29.2 Å². The smallest absolute Gasteiger partial charge is 0.263 e. The molecule has 0 bridgehead atoms. The van der Waals surface area contributed by atoms with Crippen LogP contribution in [0.2, 0.25) is 0 Å². The Balaban J connectivity index is 1.68. The molecule has 2 amide bonds. The van der Waals surface area contributed by atoms with Crippen molar-refractivity contribution in [1.82, 2.24) is 9.80 Å². The maximum absolute atomic E-state index is 13.5. The summed E-state index contributed by atoms with van der Waals surface area (Å²) in [5, 5.41) is 0. The van der Waals surface area contributed by atoms with Crippen LogP contribution in [0.25, 0.3) is 0 Å². The normalized spacial score (nSPS) is 19.1. The van der Waals surface area contributed by atoms with Gasteiger partial charge in [0.05, 0.1) is 6.04 Å². The molecule has 1 aliphatic carbocycles. The van der Waals surface area contributed by atoms with Crippen LogP contribution in [0.15, 0.2) is 48.5 Å². The van der Waals surface area contributed by atoms with Crippen LogP contribution in [-0.2, 0) is 16.0 Å². The van der Waals surface area contributed by atoms with Gasteiger partial charge in [0, 0.05) is 26.1 Å². The van der Waals surface area contributed by atoms with E-state index in [1.807, 2.05) is 38.1 Å². The Morgan fingerprint density at radius 1 is 1.09 bits per heavy atom. The van der Waals surface area contributed by atoms with Crippen molar-refractivity contribution in [2.45, 2.75) is 64.5 Å². The lowest BCUT2D eigenvalue weighted by atomic mass is 9.87. The molecular weight excluding hydrogens is 412 g/mol. The summed E-state index contributed by atoms with van der Waals surface area (Å²) in [5.74, 6) is 1.11. The molecule has 33 heavy (non-hydrogen) atoms. The van der Waals surface area contributed by atoms with Crippen LogP contribution in [0.3, 0.4) is 0 Å². The Morgan fingerprint density at radius 3 is 2.48 bits per heavy atom. The molecule has 1 aliphatic heterocycles. The molecule has 2 aliphatic rings. The molecule has 2 aromatic carbocycles. The number of carbonyl (C=O) groups excluding carboxylic acids is 2. The predicted molar refractivity (Wildman–Crippen MR) is 130 cm³/mol. The van der Waals surface area contributed by atoms with Crippen LogP contribution in [0, 0.1) is 5.92 Å². The predicted octanol–water partition coefficient (Wildman–Crippen LogP) is 4.99. The highest BCUT2D eigenvalue weighted by molar-refractivity contribution is 5.81. The van der Waals surface area contributed by atoms with Gasteiger partial charge < -0.3 is 14.5 Å². The fourth-order valence-electron chi connectivity index (χ4n) is 5.18. The van der Waals surface area contributed by atoms with Crippen molar-refractivity contribution in [3.8, 4) is 5.75 Å². The molecule has 1 heterocycles. The largest absolute Gasteiger partial charge is 0.481 e. The minimum absolute atomic E-state index is 0.00429. The second-order valence-corrected chi connectivity index (χ2v) is 9.30. The van der Waals surface area contributed by atoms with Crippen molar-refractivity contribution in [3.63, 3.8) is 0 Å². The summed E-state index contributed by atoms with van der Waals surface area (Å²) in [6, 6.07) is 16.3. The molecule has 5 nitrogen and oxygen atoms in total. The fourth-order valence-corrected chi connectivity index (χ4v) is 5.18. The van der Waals surface area contributed by atoms with Crippen molar-refractivity contribution in [2.24, 2.45) is 5.92 Å². The molecule has 2 unspecified atom stereocenters. The molecule has 4 rings (SSSR count). The number of likely N-dealkylation sites (N-methyl/N-ethyl adjacent to an activating group) is 1. The van der Waals surface area contributed by atoms with E-state index in [-0.39, 0.29) is 23.8 Å². The molecule has 0 radical (unpaired) electrons. The van der Waals surface area contributed by atoms with Gasteiger partial charge in [-0.3, -0.25) is 9.59 Å². The second-order valence-electron chi connectivity index (χ2n) is 9.30. The summed E-state index contributed by atoms with van der Waals surface area (Å²) in [7, 11) is 1.80. The van der Waals surface area contributed by atoms with Gasteiger partial charge in [-0.25, -0.2) is 0 Å². The van der Waals surface area contributed by atoms with Crippen molar-refractivity contribution >= 4 is 11.8 Å². The number of fused-ring (bicyclic) bond motifs is 1.